The average molecular weight is 594 g/mol. The summed E-state index contributed by atoms with van der Waals surface area (Å²) in [5.74, 6) is 0.894. The summed E-state index contributed by atoms with van der Waals surface area (Å²) in [5, 5.41) is 22.3. The van der Waals surface area contributed by atoms with Gasteiger partial charge in [0, 0.05) is 0 Å². The Bertz CT molecular complexity index is 1590. The molecule has 0 aromatic heterocycles. The van der Waals surface area contributed by atoms with E-state index in [2.05, 4.69) is 105 Å². The molecule has 3 aliphatic heterocycles. The van der Waals surface area contributed by atoms with E-state index in [1.807, 2.05) is 24.3 Å². The van der Waals surface area contributed by atoms with Crippen molar-refractivity contribution in [3.05, 3.63) is 89.5 Å². The first-order valence-electron chi connectivity index (χ1n) is 13.3. The number of piperidine rings is 2. The number of rotatable bonds is 4. The van der Waals surface area contributed by atoms with E-state index in [1.54, 1.807) is 7.11 Å². The monoisotopic (exact) mass is 594 g/mol. The maximum absolute atomic E-state index is 11.2. The van der Waals surface area contributed by atoms with Crippen LogP contribution in [-0.4, -0.2) is 64.4 Å². The number of anilines is 2. The summed E-state index contributed by atoms with van der Waals surface area (Å²) in [6, 6.07) is 29.9. The summed E-state index contributed by atoms with van der Waals surface area (Å²) >= 11 is 3.30. The average Bonchev–Trinajstić information content (AvgIpc) is 3.00. The molecule has 2 saturated heterocycles. The number of amidine groups is 1. The van der Waals surface area contributed by atoms with Crippen molar-refractivity contribution in [1.82, 2.24) is 4.90 Å². The van der Waals surface area contributed by atoms with Crippen molar-refractivity contribution in [2.45, 2.75) is 19.8 Å². The van der Waals surface area contributed by atoms with E-state index in [9.17, 15) is 10.5 Å². The first kappa shape index (κ1) is 26.1. The number of benzene rings is 3. The minimum atomic E-state index is -1.10. The molecule has 0 amide bonds. The van der Waals surface area contributed by atoms with Crippen LogP contribution < -0.4 is 14.5 Å². The van der Waals surface area contributed by atoms with Crippen LogP contribution in [0.4, 0.5) is 11.4 Å². The van der Waals surface area contributed by atoms with Gasteiger partial charge in [0.2, 0.25) is 0 Å². The molecular formula is C32H30N6OSe. The zero-order chi connectivity index (χ0) is 28.1. The van der Waals surface area contributed by atoms with Crippen LogP contribution in [0.1, 0.15) is 22.6 Å². The van der Waals surface area contributed by atoms with Gasteiger partial charge in [-0.15, -0.1) is 0 Å². The number of aryl methyl sites for hydroxylation is 2. The third kappa shape index (κ3) is 3.83. The van der Waals surface area contributed by atoms with Gasteiger partial charge >= 0.3 is 244 Å². The van der Waals surface area contributed by atoms with Crippen LogP contribution in [0.25, 0.3) is 0 Å². The van der Waals surface area contributed by atoms with Crippen molar-refractivity contribution in [2.75, 3.05) is 43.3 Å². The number of nitrogens with zero attached hydrogens (tertiary/aromatic N) is 6. The third-order valence-corrected chi connectivity index (χ3v) is 9.72. The van der Waals surface area contributed by atoms with E-state index in [-0.39, 0.29) is 0 Å². The molecule has 2 fully saturated rings. The van der Waals surface area contributed by atoms with E-state index < -0.39 is 16.7 Å². The zero-order valence-electron chi connectivity index (χ0n) is 22.8. The van der Waals surface area contributed by atoms with E-state index in [1.165, 1.54) is 5.56 Å². The van der Waals surface area contributed by atoms with Crippen molar-refractivity contribution < 1.29 is 4.74 Å². The molecule has 0 radical (unpaired) electrons. The van der Waals surface area contributed by atoms with Crippen LogP contribution in [0.15, 0.2) is 77.8 Å². The SMILES string of the molecule is COc1ccccc1C1C2(C#N)CN(c3ccc(C)cc3)CC1(C#N)C1=NCN(c3ccc(C)cc3)CN1C2=[Se]. The second kappa shape index (κ2) is 9.82. The molecule has 40 heavy (non-hydrogen) atoms. The molecule has 3 aromatic carbocycles. The van der Waals surface area contributed by atoms with Crippen LogP contribution in [0.3, 0.4) is 0 Å². The minimum absolute atomic E-state index is 0.409. The maximum atomic E-state index is 11.2. The summed E-state index contributed by atoms with van der Waals surface area (Å²) in [6.45, 7) is 5.89. The summed E-state index contributed by atoms with van der Waals surface area (Å²) in [5.41, 5.74) is 3.10. The summed E-state index contributed by atoms with van der Waals surface area (Å²) in [4.78, 5) is 11.5. The number of methoxy groups -OCH3 is 1. The predicted octanol–water partition coefficient (Wildman–Crippen LogP) is 4.38. The molecule has 0 saturated carbocycles. The molecule has 200 valence electrons. The van der Waals surface area contributed by atoms with Crippen LogP contribution in [-0.2, 0) is 0 Å². The number of hydrogen-bond acceptors (Lipinski definition) is 7. The Hall–Kier alpha value is -4.10. The van der Waals surface area contributed by atoms with Crippen molar-refractivity contribution in [1.29, 1.82) is 10.5 Å². The number of hydrogen-bond donors (Lipinski definition) is 0. The molecule has 2 bridgehead atoms. The van der Waals surface area contributed by atoms with Gasteiger partial charge in [-0.25, -0.2) is 0 Å². The number of aliphatic imine (C=N–C) groups is 1. The first-order valence-corrected chi connectivity index (χ1v) is 14.2. The second-order valence-corrected chi connectivity index (χ2v) is 11.7. The van der Waals surface area contributed by atoms with Crippen LogP contribution in [0.2, 0.25) is 0 Å². The molecule has 3 unspecified atom stereocenters. The molecule has 8 heteroatoms. The second-order valence-electron chi connectivity index (χ2n) is 10.9. The molecule has 3 heterocycles. The van der Waals surface area contributed by atoms with Gasteiger partial charge in [0.15, 0.2) is 0 Å². The summed E-state index contributed by atoms with van der Waals surface area (Å²) in [6.07, 6.45) is 0. The Labute approximate surface area is 243 Å². The van der Waals surface area contributed by atoms with Gasteiger partial charge in [-0.1, -0.05) is 0 Å². The van der Waals surface area contributed by atoms with E-state index in [4.69, 9.17) is 9.73 Å². The molecule has 0 aliphatic carbocycles. The van der Waals surface area contributed by atoms with Gasteiger partial charge in [0.05, 0.1) is 0 Å². The molecular weight excluding hydrogens is 563 g/mol. The zero-order valence-corrected chi connectivity index (χ0v) is 24.5. The standard InChI is InChI=1S/C32H30N6OSe/c1-22-8-12-24(13-9-22)36-18-31(16-33)28(26-6-4-5-7-27(26)39-3)32(17-34,19-36)30(40)38-21-37(20-35-29(31)38)25-14-10-23(2)11-15-25/h4-15,28H,18-21H2,1-3H3. The summed E-state index contributed by atoms with van der Waals surface area (Å²) in [7, 11) is 1.64. The Morgan fingerprint density at radius 3 is 2.02 bits per heavy atom. The van der Waals surface area contributed by atoms with E-state index in [0.29, 0.717) is 38.0 Å². The quantitative estimate of drug-likeness (QED) is 0.418. The van der Waals surface area contributed by atoms with Crippen molar-refractivity contribution in [3.63, 3.8) is 0 Å². The molecule has 0 spiro atoms. The molecule has 3 atom stereocenters. The number of fused-ring (bicyclic) bond motifs is 4. The summed E-state index contributed by atoms with van der Waals surface area (Å²) < 4.78 is 6.59. The predicted molar refractivity (Wildman–Crippen MR) is 159 cm³/mol. The Kier molecular flexibility index (Phi) is 6.42. The van der Waals surface area contributed by atoms with Gasteiger partial charge in [-0.2, -0.15) is 0 Å². The topological polar surface area (TPSA) is 78.9 Å². The fourth-order valence-electron chi connectivity index (χ4n) is 6.55. The number of para-hydroxylation sites is 1. The third-order valence-electron chi connectivity index (χ3n) is 8.50. The normalized spacial score (nSPS) is 25.4. The number of nitriles is 2. The number of ether oxygens (including phenoxy) is 1. The van der Waals surface area contributed by atoms with Gasteiger partial charge in [0.1, 0.15) is 0 Å². The van der Waals surface area contributed by atoms with Crippen LogP contribution in [0, 0.1) is 47.3 Å². The first-order chi connectivity index (χ1) is 19.4. The van der Waals surface area contributed by atoms with Crippen molar-refractivity contribution >= 4 is 37.3 Å². The van der Waals surface area contributed by atoms with Crippen molar-refractivity contribution in [2.24, 2.45) is 15.8 Å². The van der Waals surface area contributed by atoms with Crippen LogP contribution >= 0.6 is 0 Å². The Morgan fingerprint density at radius 1 is 0.850 bits per heavy atom. The van der Waals surface area contributed by atoms with Gasteiger partial charge in [-0.3, -0.25) is 0 Å². The van der Waals surface area contributed by atoms with E-state index in [0.717, 1.165) is 27.0 Å². The Balaban J connectivity index is 1.56. The molecule has 6 rings (SSSR count). The van der Waals surface area contributed by atoms with Gasteiger partial charge < -0.3 is 0 Å². The molecule has 7 nitrogen and oxygen atoms in total. The molecule has 3 aromatic rings. The fraction of sp³-hybridized carbons (Fsp3) is 0.312. The van der Waals surface area contributed by atoms with Gasteiger partial charge in [0.25, 0.3) is 0 Å². The molecule has 0 N–H and O–H groups in total. The van der Waals surface area contributed by atoms with Gasteiger partial charge in [-0.05, 0) is 0 Å². The van der Waals surface area contributed by atoms with Crippen molar-refractivity contribution in [3.8, 4) is 17.9 Å². The van der Waals surface area contributed by atoms with Crippen LogP contribution in [0.5, 0.6) is 5.75 Å². The Morgan fingerprint density at radius 2 is 1.43 bits per heavy atom. The molecule has 3 aliphatic rings. The fourth-order valence-corrected chi connectivity index (χ4v) is 7.33. The van der Waals surface area contributed by atoms with E-state index >= 15 is 0 Å².